The quantitative estimate of drug-likeness (QED) is 0.618. The summed E-state index contributed by atoms with van der Waals surface area (Å²) in [6.07, 6.45) is 0. The van der Waals surface area contributed by atoms with Crippen molar-refractivity contribution < 1.29 is 18.4 Å². The average Bonchev–Trinajstić information content (AvgIpc) is 2.00. The molecule has 5 nitrogen and oxygen atoms in total. The van der Waals surface area contributed by atoms with Gasteiger partial charge in [-0.3, -0.25) is 4.79 Å². The second-order valence-electron chi connectivity index (χ2n) is 1.64. The molecule has 0 unspecified atom stereocenters. The standard InChI is InChI=1S/C5H12NO4P/c1-5(7)6-11(8-2,9-3)10-4/h1-4H3. The van der Waals surface area contributed by atoms with Crippen molar-refractivity contribution in [1.29, 1.82) is 0 Å². The summed E-state index contributed by atoms with van der Waals surface area (Å²) >= 11 is 0. The van der Waals surface area contributed by atoms with E-state index in [-0.39, 0.29) is 5.91 Å². The van der Waals surface area contributed by atoms with Crippen LogP contribution in [0.25, 0.3) is 0 Å². The Balaban J connectivity index is 4.66. The summed E-state index contributed by atoms with van der Waals surface area (Å²) in [5.41, 5.74) is 0. The third-order valence-electron chi connectivity index (χ3n) is 0.955. The number of carbonyl (C=O) groups is 1. The lowest BCUT2D eigenvalue weighted by molar-refractivity contribution is -0.115. The number of nitrogens with zero attached hydrogens (tertiary/aromatic N) is 1. The van der Waals surface area contributed by atoms with Gasteiger partial charge in [-0.25, -0.2) is 0 Å². The van der Waals surface area contributed by atoms with Crippen LogP contribution in [0.1, 0.15) is 6.92 Å². The van der Waals surface area contributed by atoms with Gasteiger partial charge >= 0.3 is 7.74 Å². The highest BCUT2D eigenvalue weighted by Crippen LogP contribution is 2.50. The molecule has 0 heterocycles. The fourth-order valence-corrected chi connectivity index (χ4v) is 1.56. The van der Waals surface area contributed by atoms with Crippen LogP contribution in [0.4, 0.5) is 0 Å². The maximum atomic E-state index is 10.6. The van der Waals surface area contributed by atoms with Gasteiger partial charge in [0.2, 0.25) is 5.91 Å². The Morgan fingerprint density at radius 2 is 1.55 bits per heavy atom. The monoisotopic (exact) mass is 181 g/mol. The number of carbonyl (C=O) groups excluding carboxylic acids is 1. The number of hydrogen-bond acceptors (Lipinski definition) is 4. The van der Waals surface area contributed by atoms with E-state index in [4.69, 9.17) is 13.6 Å². The molecule has 0 aromatic carbocycles. The Morgan fingerprint density at radius 3 is 1.64 bits per heavy atom. The van der Waals surface area contributed by atoms with Gasteiger partial charge in [-0.2, -0.15) is 4.74 Å². The SMILES string of the molecule is COP(=NC(C)=O)(OC)OC. The number of rotatable bonds is 3. The fourth-order valence-electron chi connectivity index (χ4n) is 0.519. The van der Waals surface area contributed by atoms with Gasteiger partial charge in [0.1, 0.15) is 0 Å². The van der Waals surface area contributed by atoms with Crippen molar-refractivity contribution in [3.05, 3.63) is 0 Å². The summed E-state index contributed by atoms with van der Waals surface area (Å²) in [6, 6.07) is 0. The van der Waals surface area contributed by atoms with Crippen molar-refractivity contribution in [3.8, 4) is 0 Å². The highest BCUT2D eigenvalue weighted by Gasteiger charge is 2.18. The van der Waals surface area contributed by atoms with Gasteiger partial charge in [0, 0.05) is 28.3 Å². The molecule has 0 atom stereocenters. The van der Waals surface area contributed by atoms with Crippen molar-refractivity contribution in [2.75, 3.05) is 21.3 Å². The first-order chi connectivity index (χ1) is 5.10. The highest BCUT2D eigenvalue weighted by molar-refractivity contribution is 7.51. The fraction of sp³-hybridized carbons (Fsp3) is 0.800. The molecule has 11 heavy (non-hydrogen) atoms. The van der Waals surface area contributed by atoms with Crippen molar-refractivity contribution in [1.82, 2.24) is 0 Å². The summed E-state index contributed by atoms with van der Waals surface area (Å²) in [5, 5.41) is 0. The Morgan fingerprint density at radius 1 is 1.18 bits per heavy atom. The molecule has 0 aliphatic heterocycles. The minimum absolute atomic E-state index is 0.371. The topological polar surface area (TPSA) is 57.1 Å². The van der Waals surface area contributed by atoms with Gasteiger partial charge in [0.25, 0.3) is 0 Å². The third-order valence-corrected chi connectivity index (χ3v) is 2.87. The molecule has 0 saturated heterocycles. The molecule has 0 aromatic heterocycles. The molecule has 0 fully saturated rings. The van der Waals surface area contributed by atoms with Crippen LogP contribution in [0.5, 0.6) is 0 Å². The number of amides is 1. The van der Waals surface area contributed by atoms with Crippen molar-refractivity contribution in [3.63, 3.8) is 0 Å². The second kappa shape index (κ2) is 4.62. The molecule has 6 heteroatoms. The molecular weight excluding hydrogens is 169 g/mol. The Kier molecular flexibility index (Phi) is 4.52. The molecule has 0 N–H and O–H groups in total. The van der Waals surface area contributed by atoms with Crippen LogP contribution >= 0.6 is 7.74 Å². The maximum absolute atomic E-state index is 10.6. The summed E-state index contributed by atoms with van der Waals surface area (Å²) < 4.78 is 18.0. The molecule has 0 bridgehead atoms. The van der Waals surface area contributed by atoms with Gasteiger partial charge in [0.15, 0.2) is 0 Å². The van der Waals surface area contributed by atoms with Crippen LogP contribution in [0.3, 0.4) is 0 Å². The predicted octanol–water partition coefficient (Wildman–Crippen LogP) is 1.42. The molecular formula is C5H12NO4P. The summed E-state index contributed by atoms with van der Waals surface area (Å²) in [5.74, 6) is -0.371. The van der Waals surface area contributed by atoms with Crippen LogP contribution < -0.4 is 0 Å². The van der Waals surface area contributed by atoms with E-state index in [0.717, 1.165) is 0 Å². The van der Waals surface area contributed by atoms with E-state index in [1.165, 1.54) is 28.3 Å². The zero-order valence-corrected chi connectivity index (χ0v) is 7.92. The first kappa shape index (κ1) is 10.8. The Labute approximate surface area is 66.0 Å². The molecule has 0 radical (unpaired) electrons. The highest BCUT2D eigenvalue weighted by atomic mass is 31.2. The predicted molar refractivity (Wildman–Crippen MR) is 41.1 cm³/mol. The van der Waals surface area contributed by atoms with Crippen molar-refractivity contribution in [2.24, 2.45) is 4.74 Å². The summed E-state index contributed by atoms with van der Waals surface area (Å²) in [6.45, 7) is 1.31. The van der Waals surface area contributed by atoms with Gasteiger partial charge in [-0.05, 0) is 0 Å². The Hall–Kier alpha value is -0.220. The van der Waals surface area contributed by atoms with E-state index in [2.05, 4.69) is 4.74 Å². The largest absolute Gasteiger partial charge is 0.362 e. The lowest BCUT2D eigenvalue weighted by atomic mass is 10.8. The van der Waals surface area contributed by atoms with E-state index in [1.54, 1.807) is 0 Å². The van der Waals surface area contributed by atoms with Gasteiger partial charge in [0.05, 0.1) is 0 Å². The molecule has 0 saturated carbocycles. The van der Waals surface area contributed by atoms with Gasteiger partial charge in [-0.15, -0.1) is 0 Å². The van der Waals surface area contributed by atoms with E-state index in [0.29, 0.717) is 0 Å². The van der Waals surface area contributed by atoms with Gasteiger partial charge in [-0.1, -0.05) is 0 Å². The first-order valence-electron chi connectivity index (χ1n) is 2.90. The van der Waals surface area contributed by atoms with Crippen LogP contribution in [0, 0.1) is 0 Å². The second-order valence-corrected chi connectivity index (χ2v) is 3.87. The minimum Gasteiger partial charge on any atom is -0.306 e. The number of hydrogen-bond donors (Lipinski definition) is 0. The van der Waals surface area contributed by atoms with E-state index in [9.17, 15) is 4.79 Å². The summed E-state index contributed by atoms with van der Waals surface area (Å²) in [7, 11) is 1.43. The lowest BCUT2D eigenvalue weighted by Crippen LogP contribution is -1.94. The first-order valence-corrected chi connectivity index (χ1v) is 4.40. The Bertz CT molecular complexity index is 172. The van der Waals surface area contributed by atoms with E-state index in [1.807, 2.05) is 0 Å². The zero-order chi connectivity index (χ0) is 8.91. The van der Waals surface area contributed by atoms with E-state index < -0.39 is 7.74 Å². The molecule has 0 aliphatic carbocycles. The molecule has 0 spiro atoms. The molecule has 0 rings (SSSR count). The lowest BCUT2D eigenvalue weighted by Gasteiger charge is -2.15. The summed E-state index contributed by atoms with van der Waals surface area (Å²) in [4.78, 5) is 10.6. The zero-order valence-electron chi connectivity index (χ0n) is 7.03. The smallest absolute Gasteiger partial charge is 0.306 e. The van der Waals surface area contributed by atoms with Crippen LogP contribution in [0.15, 0.2) is 4.74 Å². The van der Waals surface area contributed by atoms with Crippen molar-refractivity contribution >= 4 is 13.6 Å². The van der Waals surface area contributed by atoms with Gasteiger partial charge < -0.3 is 13.6 Å². The van der Waals surface area contributed by atoms with Crippen LogP contribution in [-0.2, 0) is 18.4 Å². The van der Waals surface area contributed by atoms with E-state index >= 15 is 0 Å². The molecule has 1 amide bonds. The van der Waals surface area contributed by atoms with Crippen molar-refractivity contribution in [2.45, 2.75) is 6.92 Å². The minimum atomic E-state index is -2.72. The molecule has 66 valence electrons. The van der Waals surface area contributed by atoms with Crippen LogP contribution in [-0.4, -0.2) is 27.2 Å². The maximum Gasteiger partial charge on any atom is 0.362 e. The molecule has 0 aliphatic rings. The third kappa shape index (κ3) is 3.12. The normalized spacial score (nSPS) is 11.3. The molecule has 0 aromatic rings. The average molecular weight is 181 g/mol. The van der Waals surface area contributed by atoms with Crippen LogP contribution in [0.2, 0.25) is 0 Å².